The van der Waals surface area contributed by atoms with Crippen molar-refractivity contribution in [3.63, 3.8) is 0 Å². The van der Waals surface area contributed by atoms with E-state index in [9.17, 15) is 9.59 Å². The minimum absolute atomic E-state index is 0.000887. The van der Waals surface area contributed by atoms with Gasteiger partial charge in [-0.2, -0.15) is 0 Å². The largest absolute Gasteiger partial charge is 0.366 e. The molecule has 3 heterocycles. The Morgan fingerprint density at radius 1 is 1.07 bits per heavy atom. The van der Waals surface area contributed by atoms with Gasteiger partial charge in [0, 0.05) is 36.1 Å². The Morgan fingerprint density at radius 3 is 2.66 bits per heavy atom. The smallest absolute Gasteiger partial charge is 0.250 e. The number of carbonyl (C=O) groups excluding carboxylic acids is 1. The Labute approximate surface area is 168 Å². The molecule has 1 aromatic carbocycles. The van der Waals surface area contributed by atoms with Crippen molar-refractivity contribution in [1.29, 1.82) is 0 Å². The number of primary amides is 1. The van der Waals surface area contributed by atoms with Gasteiger partial charge >= 0.3 is 0 Å². The number of imidazole rings is 1. The second-order valence-electron chi connectivity index (χ2n) is 7.53. The molecule has 4 rings (SSSR count). The van der Waals surface area contributed by atoms with Crippen molar-refractivity contribution in [2.45, 2.75) is 20.4 Å². The third-order valence-corrected chi connectivity index (χ3v) is 4.83. The number of hydrogen-bond donors (Lipinski definition) is 1. The maximum Gasteiger partial charge on any atom is 0.250 e. The monoisotopic (exact) mass is 386 g/mol. The molecule has 0 saturated carbocycles. The van der Waals surface area contributed by atoms with Crippen LogP contribution in [0, 0.1) is 5.92 Å². The fraction of sp³-hybridized carbons (Fsp3) is 0.174. The van der Waals surface area contributed by atoms with E-state index in [1.807, 2.05) is 41.1 Å². The average molecular weight is 386 g/mol. The van der Waals surface area contributed by atoms with E-state index in [4.69, 9.17) is 5.73 Å². The Bertz CT molecular complexity index is 1270. The molecule has 6 heteroatoms. The number of hydrogen-bond acceptors (Lipinski definition) is 3. The maximum atomic E-state index is 12.1. The molecule has 0 aliphatic rings. The van der Waals surface area contributed by atoms with Gasteiger partial charge in [0.25, 0.3) is 5.56 Å². The Balaban J connectivity index is 1.75. The van der Waals surface area contributed by atoms with Gasteiger partial charge in [-0.15, -0.1) is 0 Å². The normalized spacial score (nSPS) is 11.3. The summed E-state index contributed by atoms with van der Waals surface area (Å²) in [5.41, 5.74) is 10.3. The van der Waals surface area contributed by atoms with Crippen LogP contribution >= 0.6 is 0 Å². The van der Waals surface area contributed by atoms with Crippen molar-refractivity contribution in [3.8, 4) is 22.4 Å². The lowest BCUT2D eigenvalue weighted by molar-refractivity contribution is 0.100. The second kappa shape index (κ2) is 7.39. The maximum absolute atomic E-state index is 12.1. The van der Waals surface area contributed by atoms with Gasteiger partial charge in [0.2, 0.25) is 5.91 Å². The molecule has 0 radical (unpaired) electrons. The molecule has 3 aromatic heterocycles. The summed E-state index contributed by atoms with van der Waals surface area (Å²) < 4.78 is 3.71. The van der Waals surface area contributed by atoms with E-state index in [-0.39, 0.29) is 5.56 Å². The summed E-state index contributed by atoms with van der Waals surface area (Å²) in [5.74, 6) is -0.0732. The summed E-state index contributed by atoms with van der Waals surface area (Å²) in [4.78, 5) is 28.1. The van der Waals surface area contributed by atoms with Crippen LogP contribution < -0.4 is 11.3 Å². The number of benzene rings is 1. The molecule has 0 bridgehead atoms. The molecule has 0 aliphatic carbocycles. The zero-order valence-electron chi connectivity index (χ0n) is 16.4. The number of rotatable bonds is 5. The molecule has 0 atom stereocenters. The molecule has 0 fully saturated rings. The summed E-state index contributed by atoms with van der Waals surface area (Å²) in [6, 6.07) is 14.6. The minimum atomic E-state index is -0.459. The lowest BCUT2D eigenvalue weighted by Gasteiger charge is -2.11. The summed E-state index contributed by atoms with van der Waals surface area (Å²) in [6.07, 6.45) is 5.62. The fourth-order valence-corrected chi connectivity index (χ4v) is 3.44. The van der Waals surface area contributed by atoms with E-state index in [2.05, 4.69) is 18.8 Å². The first kappa shape index (κ1) is 18.7. The first-order chi connectivity index (χ1) is 13.9. The van der Waals surface area contributed by atoms with E-state index in [1.165, 1.54) is 0 Å². The molecular formula is C23H22N4O2. The van der Waals surface area contributed by atoms with Crippen molar-refractivity contribution in [1.82, 2.24) is 14.0 Å². The lowest BCUT2D eigenvalue weighted by atomic mass is 10.1. The van der Waals surface area contributed by atoms with Crippen LogP contribution in [-0.4, -0.2) is 19.9 Å². The molecule has 1 amide bonds. The summed E-state index contributed by atoms with van der Waals surface area (Å²) in [6.45, 7) is 4.85. The molecule has 4 aromatic rings. The zero-order valence-corrected chi connectivity index (χ0v) is 16.4. The van der Waals surface area contributed by atoms with Crippen molar-refractivity contribution in [3.05, 3.63) is 83.0 Å². The number of nitrogens with two attached hydrogens (primary N) is 1. The highest BCUT2D eigenvalue weighted by Crippen LogP contribution is 2.25. The van der Waals surface area contributed by atoms with Crippen LogP contribution in [0.25, 0.3) is 28.0 Å². The van der Waals surface area contributed by atoms with Crippen molar-refractivity contribution in [2.75, 3.05) is 0 Å². The highest BCUT2D eigenvalue weighted by Gasteiger charge is 2.10. The highest BCUT2D eigenvalue weighted by molar-refractivity contribution is 5.94. The van der Waals surface area contributed by atoms with Crippen molar-refractivity contribution >= 4 is 11.6 Å². The van der Waals surface area contributed by atoms with Gasteiger partial charge in [-0.05, 0) is 47.4 Å². The molecular weight excluding hydrogens is 364 g/mol. The van der Waals surface area contributed by atoms with E-state index >= 15 is 0 Å². The van der Waals surface area contributed by atoms with Gasteiger partial charge in [-0.25, -0.2) is 4.98 Å². The first-order valence-corrected chi connectivity index (χ1v) is 9.50. The Morgan fingerprint density at radius 2 is 1.90 bits per heavy atom. The lowest BCUT2D eigenvalue weighted by Crippen LogP contribution is -2.20. The number of fused-ring (bicyclic) bond motifs is 1. The molecule has 146 valence electrons. The van der Waals surface area contributed by atoms with Gasteiger partial charge < -0.3 is 10.3 Å². The fourth-order valence-electron chi connectivity index (χ4n) is 3.44. The summed E-state index contributed by atoms with van der Waals surface area (Å²) in [7, 11) is 0. The van der Waals surface area contributed by atoms with Gasteiger partial charge in [0.1, 0.15) is 5.65 Å². The van der Waals surface area contributed by atoms with Crippen LogP contribution in [0.15, 0.2) is 71.9 Å². The Kier molecular flexibility index (Phi) is 4.76. The summed E-state index contributed by atoms with van der Waals surface area (Å²) >= 11 is 0. The molecule has 0 spiro atoms. The number of nitrogens with zero attached hydrogens (tertiary/aromatic N) is 3. The molecule has 0 saturated heterocycles. The van der Waals surface area contributed by atoms with Crippen LogP contribution in [-0.2, 0) is 6.54 Å². The minimum Gasteiger partial charge on any atom is -0.366 e. The zero-order chi connectivity index (χ0) is 20.5. The molecule has 2 N–H and O–H groups in total. The van der Waals surface area contributed by atoms with Crippen LogP contribution in [0.3, 0.4) is 0 Å². The molecule has 6 nitrogen and oxygen atoms in total. The van der Waals surface area contributed by atoms with E-state index in [0.29, 0.717) is 18.0 Å². The topological polar surface area (TPSA) is 82.4 Å². The predicted molar refractivity (Wildman–Crippen MR) is 114 cm³/mol. The molecule has 0 aliphatic heterocycles. The summed E-state index contributed by atoms with van der Waals surface area (Å²) in [5, 5.41) is 0. The highest BCUT2D eigenvalue weighted by atomic mass is 16.1. The van der Waals surface area contributed by atoms with Gasteiger partial charge in [-0.3, -0.25) is 14.0 Å². The molecule has 29 heavy (non-hydrogen) atoms. The van der Waals surface area contributed by atoms with E-state index < -0.39 is 5.91 Å². The SMILES string of the molecule is CC(C)Cn1cc(-c2ccn3c(-c4cccc(C(N)=O)c4)cnc3c2)ccc1=O. The molecule has 0 unspecified atom stereocenters. The van der Waals surface area contributed by atoms with Crippen molar-refractivity contribution < 1.29 is 4.79 Å². The second-order valence-corrected chi connectivity index (χ2v) is 7.53. The third-order valence-electron chi connectivity index (χ3n) is 4.83. The van der Waals surface area contributed by atoms with Gasteiger partial charge in [0.05, 0.1) is 11.9 Å². The quantitative estimate of drug-likeness (QED) is 0.569. The average Bonchev–Trinajstić information content (AvgIpc) is 3.12. The standard InChI is InChI=1S/C23H22N4O2/c1-15(2)13-26-14-19(6-7-22(26)28)16-8-9-27-20(12-25-21(27)11-16)17-4-3-5-18(10-17)23(24)29/h3-12,14-15H,13H2,1-2H3,(H2,24,29). The van der Waals surface area contributed by atoms with E-state index in [1.54, 1.807) is 35.0 Å². The van der Waals surface area contributed by atoms with Crippen LogP contribution in [0.2, 0.25) is 0 Å². The Hall–Kier alpha value is -3.67. The van der Waals surface area contributed by atoms with Crippen molar-refractivity contribution in [2.24, 2.45) is 11.7 Å². The third kappa shape index (κ3) is 3.69. The number of aromatic nitrogens is 3. The van der Waals surface area contributed by atoms with Gasteiger partial charge in [0.15, 0.2) is 0 Å². The predicted octanol–water partition coefficient (Wildman–Crippen LogP) is 3.58. The van der Waals surface area contributed by atoms with E-state index in [0.717, 1.165) is 28.0 Å². The number of amides is 1. The van der Waals surface area contributed by atoms with Crippen LogP contribution in [0.5, 0.6) is 0 Å². The van der Waals surface area contributed by atoms with Gasteiger partial charge in [-0.1, -0.05) is 26.0 Å². The number of carbonyl (C=O) groups is 1. The number of pyridine rings is 2. The van der Waals surface area contributed by atoms with Crippen LogP contribution in [0.4, 0.5) is 0 Å². The first-order valence-electron chi connectivity index (χ1n) is 9.50. The van der Waals surface area contributed by atoms with Crippen LogP contribution in [0.1, 0.15) is 24.2 Å².